The van der Waals surface area contributed by atoms with Gasteiger partial charge in [-0.25, -0.2) is 9.53 Å². The van der Waals surface area contributed by atoms with E-state index in [0.29, 0.717) is 34.9 Å². The molecule has 146 valence electrons. The van der Waals surface area contributed by atoms with Crippen LogP contribution >= 0.6 is 0 Å². The molecule has 1 aromatic carbocycles. The minimum absolute atomic E-state index is 0.192. The molecule has 0 fully saturated rings. The molecule has 8 heteroatoms. The highest BCUT2D eigenvalue weighted by molar-refractivity contribution is 6.09. The van der Waals surface area contributed by atoms with Gasteiger partial charge in [0.1, 0.15) is 13.0 Å². The van der Waals surface area contributed by atoms with Crippen molar-refractivity contribution in [2.45, 2.75) is 13.3 Å². The number of carbonyl (C=O) groups excluding carboxylic acids is 2. The Hall–Kier alpha value is -3.03. The number of nitrogens with zero attached hydrogens (tertiary/aromatic N) is 2. The highest BCUT2D eigenvalue weighted by Crippen LogP contribution is 2.31. The molecule has 0 unspecified atom stereocenters. The summed E-state index contributed by atoms with van der Waals surface area (Å²) in [5.41, 5.74) is 1.63. The van der Waals surface area contributed by atoms with Crippen molar-refractivity contribution in [1.82, 2.24) is 4.90 Å². The van der Waals surface area contributed by atoms with Gasteiger partial charge in [-0.15, -0.1) is 0 Å². The summed E-state index contributed by atoms with van der Waals surface area (Å²) in [6.07, 6.45) is 1.71. The first kappa shape index (κ1) is 20.3. The Kier molecular flexibility index (Phi) is 6.44. The molecular formula is C19H24N2O6. The maximum Gasteiger partial charge on any atom is 0.336 e. The van der Waals surface area contributed by atoms with E-state index in [1.807, 2.05) is 12.1 Å². The predicted octanol–water partition coefficient (Wildman–Crippen LogP) is 1.36. The van der Waals surface area contributed by atoms with Crippen LogP contribution in [-0.2, 0) is 20.7 Å². The van der Waals surface area contributed by atoms with E-state index in [1.54, 1.807) is 27.2 Å². The first-order chi connectivity index (χ1) is 12.8. The van der Waals surface area contributed by atoms with Gasteiger partial charge in [-0.3, -0.25) is 4.79 Å². The van der Waals surface area contributed by atoms with Crippen LogP contribution < -0.4 is 9.47 Å². The Labute approximate surface area is 158 Å². The van der Waals surface area contributed by atoms with Gasteiger partial charge in [0.05, 0.1) is 26.9 Å². The second-order valence-electron chi connectivity index (χ2n) is 6.09. The summed E-state index contributed by atoms with van der Waals surface area (Å²) in [6.45, 7) is 2.03. The van der Waals surface area contributed by atoms with E-state index in [2.05, 4.69) is 0 Å². The van der Waals surface area contributed by atoms with Crippen LogP contribution in [0, 0.1) is 11.1 Å². The Balaban J connectivity index is 2.25. The fraction of sp³-hybridized carbons (Fsp3) is 0.421. The van der Waals surface area contributed by atoms with Crippen molar-refractivity contribution in [3.05, 3.63) is 40.2 Å². The summed E-state index contributed by atoms with van der Waals surface area (Å²) in [7, 11) is 5.63. The molecule has 0 aromatic heterocycles. The fourth-order valence-corrected chi connectivity index (χ4v) is 3.11. The molecule has 2 rings (SSSR count). The first-order valence-electron chi connectivity index (χ1n) is 8.40. The maximum absolute atomic E-state index is 12.8. The zero-order chi connectivity index (χ0) is 20.1. The fourth-order valence-electron chi connectivity index (χ4n) is 3.11. The molecule has 0 spiro atoms. The Morgan fingerprint density at radius 3 is 2.48 bits per heavy atom. The van der Waals surface area contributed by atoms with Crippen LogP contribution in [0.15, 0.2) is 29.5 Å². The predicted molar refractivity (Wildman–Crippen MR) is 98.8 cm³/mol. The van der Waals surface area contributed by atoms with Gasteiger partial charge in [-0.1, -0.05) is 6.07 Å². The molecule has 1 amide bonds. The molecule has 8 nitrogen and oxygen atoms in total. The second kappa shape index (κ2) is 8.57. The van der Waals surface area contributed by atoms with Crippen molar-refractivity contribution >= 4 is 18.1 Å². The molecule has 0 saturated heterocycles. The minimum atomic E-state index is -0.939. The molecule has 1 heterocycles. The van der Waals surface area contributed by atoms with Gasteiger partial charge >= 0.3 is 5.97 Å². The van der Waals surface area contributed by atoms with Gasteiger partial charge in [0.15, 0.2) is 17.7 Å². The topological polar surface area (TPSA) is 91.1 Å². The number of allylic oxidation sites excluding steroid dienone is 1. The number of amides is 1. The Bertz CT molecular complexity index is 795. The van der Waals surface area contributed by atoms with Crippen LogP contribution in [0.4, 0.5) is 0 Å². The molecule has 0 bridgehead atoms. The van der Waals surface area contributed by atoms with Gasteiger partial charge in [0, 0.05) is 12.2 Å². The Morgan fingerprint density at radius 1 is 1.26 bits per heavy atom. The number of rotatable bonds is 7. The SMILES string of the molecule is COC(=O)C1=C(C)N(CCc2ccc(OC)c(OC)c2)C(=O)[C@@H]1/C=[N+](\C)[O-]. The number of ether oxygens (including phenoxy) is 3. The zero-order valence-electron chi connectivity index (χ0n) is 16.1. The number of hydrogen-bond acceptors (Lipinski definition) is 6. The van der Waals surface area contributed by atoms with Crippen LogP contribution in [0.5, 0.6) is 11.5 Å². The van der Waals surface area contributed by atoms with Crippen LogP contribution in [0.1, 0.15) is 12.5 Å². The molecule has 0 aliphatic carbocycles. The zero-order valence-corrected chi connectivity index (χ0v) is 16.1. The van der Waals surface area contributed by atoms with E-state index in [4.69, 9.17) is 14.2 Å². The largest absolute Gasteiger partial charge is 0.624 e. The minimum Gasteiger partial charge on any atom is -0.624 e. The van der Waals surface area contributed by atoms with Crippen molar-refractivity contribution in [2.75, 3.05) is 34.9 Å². The quantitative estimate of drug-likeness (QED) is 0.235. The van der Waals surface area contributed by atoms with Gasteiger partial charge in [-0.05, 0) is 31.0 Å². The molecule has 0 saturated carbocycles. The lowest BCUT2D eigenvalue weighted by Gasteiger charge is -2.19. The summed E-state index contributed by atoms with van der Waals surface area (Å²) in [4.78, 5) is 26.4. The summed E-state index contributed by atoms with van der Waals surface area (Å²) >= 11 is 0. The number of hydrogen-bond donors (Lipinski definition) is 0. The van der Waals surface area contributed by atoms with E-state index >= 15 is 0 Å². The van der Waals surface area contributed by atoms with Gasteiger partial charge in [-0.2, -0.15) is 0 Å². The monoisotopic (exact) mass is 376 g/mol. The average molecular weight is 376 g/mol. The lowest BCUT2D eigenvalue weighted by atomic mass is 10.0. The summed E-state index contributed by atoms with van der Waals surface area (Å²) in [5.74, 6) is -0.654. The third kappa shape index (κ3) is 4.21. The number of hydroxylamine groups is 1. The number of carbonyl (C=O) groups is 2. The number of methoxy groups -OCH3 is 3. The summed E-state index contributed by atoms with van der Waals surface area (Å²) in [6, 6.07) is 5.53. The van der Waals surface area contributed by atoms with Crippen LogP contribution in [0.3, 0.4) is 0 Å². The molecule has 1 aliphatic heterocycles. The first-order valence-corrected chi connectivity index (χ1v) is 8.40. The van der Waals surface area contributed by atoms with Crippen LogP contribution in [-0.4, -0.2) is 62.7 Å². The average Bonchev–Trinajstić information content (AvgIpc) is 2.88. The normalized spacial score (nSPS) is 17.4. The van der Waals surface area contributed by atoms with E-state index in [-0.39, 0.29) is 11.5 Å². The van der Waals surface area contributed by atoms with Gasteiger partial charge in [0.25, 0.3) is 0 Å². The van der Waals surface area contributed by atoms with E-state index in [9.17, 15) is 14.8 Å². The molecule has 27 heavy (non-hydrogen) atoms. The van der Waals surface area contributed by atoms with Crippen LogP contribution in [0.2, 0.25) is 0 Å². The highest BCUT2D eigenvalue weighted by Gasteiger charge is 2.42. The highest BCUT2D eigenvalue weighted by atomic mass is 16.5. The lowest BCUT2D eigenvalue weighted by molar-refractivity contribution is -0.419. The molecule has 1 aliphatic rings. The van der Waals surface area contributed by atoms with Crippen molar-refractivity contribution in [3.8, 4) is 11.5 Å². The van der Waals surface area contributed by atoms with Gasteiger partial charge in [0.2, 0.25) is 5.91 Å². The number of esters is 1. The third-order valence-electron chi connectivity index (χ3n) is 4.47. The Morgan fingerprint density at radius 2 is 1.93 bits per heavy atom. The second-order valence-corrected chi connectivity index (χ2v) is 6.09. The molecule has 0 radical (unpaired) electrons. The molecular weight excluding hydrogens is 352 g/mol. The van der Waals surface area contributed by atoms with E-state index in [1.165, 1.54) is 25.3 Å². The molecule has 1 atom stereocenters. The summed E-state index contributed by atoms with van der Waals surface area (Å²) in [5, 5.41) is 11.4. The number of benzene rings is 1. The van der Waals surface area contributed by atoms with Crippen LogP contribution in [0.25, 0.3) is 0 Å². The van der Waals surface area contributed by atoms with Crippen molar-refractivity contribution < 1.29 is 28.5 Å². The third-order valence-corrected chi connectivity index (χ3v) is 4.47. The molecule has 1 aromatic rings. The smallest absolute Gasteiger partial charge is 0.336 e. The van der Waals surface area contributed by atoms with Crippen molar-refractivity contribution in [2.24, 2.45) is 5.92 Å². The van der Waals surface area contributed by atoms with E-state index in [0.717, 1.165) is 5.56 Å². The van der Waals surface area contributed by atoms with Crippen molar-refractivity contribution in [3.63, 3.8) is 0 Å². The van der Waals surface area contributed by atoms with Crippen molar-refractivity contribution in [1.29, 1.82) is 0 Å². The van der Waals surface area contributed by atoms with E-state index < -0.39 is 11.9 Å². The standard InChI is InChI=1S/C19H24N2O6/c1-12-17(19(23)27-5)14(11-20(2)24)18(22)21(12)9-8-13-6-7-15(25-3)16(10-13)26-4/h6-7,10-11,14H,8-9H2,1-5H3/b20-11+/t14-/m1/s1. The molecule has 0 N–H and O–H groups in total. The maximum atomic E-state index is 12.8. The lowest BCUT2D eigenvalue weighted by Crippen LogP contribution is -2.32. The summed E-state index contributed by atoms with van der Waals surface area (Å²) < 4.78 is 15.8. The van der Waals surface area contributed by atoms with Gasteiger partial charge < -0.3 is 24.3 Å².